The van der Waals surface area contributed by atoms with Crippen LogP contribution in [0.2, 0.25) is 0 Å². The summed E-state index contributed by atoms with van der Waals surface area (Å²) in [4.78, 5) is 0. The molecule has 0 aromatic heterocycles. The van der Waals surface area contributed by atoms with Gasteiger partial charge in [0.05, 0.1) is 0 Å². The second-order valence-electron chi connectivity index (χ2n) is 5.85. The molecular weight excluding hydrogens is 303 g/mol. The summed E-state index contributed by atoms with van der Waals surface area (Å²) < 4.78 is 34.5. The van der Waals surface area contributed by atoms with E-state index in [1.165, 1.54) is 39.9 Å². The van der Waals surface area contributed by atoms with Gasteiger partial charge in [0.2, 0.25) is 0 Å². The third-order valence-corrected chi connectivity index (χ3v) is 6.22. The van der Waals surface area contributed by atoms with Crippen LogP contribution < -0.4 is 0 Å². The molecule has 22 heavy (non-hydrogen) atoms. The molecule has 0 N–H and O–H groups in total. The third-order valence-electron chi connectivity index (χ3n) is 4.11. The first-order chi connectivity index (χ1) is 10.7. The van der Waals surface area contributed by atoms with Crippen molar-refractivity contribution in [2.75, 3.05) is 20.8 Å². The highest BCUT2D eigenvalue weighted by Gasteiger charge is 2.37. The van der Waals surface area contributed by atoms with Gasteiger partial charge in [-0.2, -0.15) is 0 Å². The fourth-order valence-corrected chi connectivity index (χ4v) is 4.11. The molecule has 1 heterocycles. The molecule has 1 saturated heterocycles. The Kier molecular flexibility index (Phi) is 10.6. The van der Waals surface area contributed by atoms with Crippen molar-refractivity contribution < 1.29 is 23.1 Å². The second kappa shape index (κ2) is 11.6. The smallest absolute Gasteiger partial charge is 0.353 e. The molecule has 1 fully saturated rings. The zero-order valence-corrected chi connectivity index (χ0v) is 15.3. The summed E-state index contributed by atoms with van der Waals surface area (Å²) in [6.07, 6.45) is 10.5. The fourth-order valence-electron chi connectivity index (χ4n) is 2.70. The number of hydrogen-bond acceptors (Lipinski definition) is 5. The van der Waals surface area contributed by atoms with Gasteiger partial charge in [-0.1, -0.05) is 45.4 Å². The van der Waals surface area contributed by atoms with Crippen molar-refractivity contribution in [1.82, 2.24) is 0 Å². The van der Waals surface area contributed by atoms with Gasteiger partial charge in [0.25, 0.3) is 0 Å². The van der Waals surface area contributed by atoms with E-state index in [-0.39, 0.29) is 6.29 Å². The molecule has 0 aromatic rings. The minimum atomic E-state index is -3.22. The highest BCUT2D eigenvalue weighted by atomic mass is 31.2. The Morgan fingerprint density at radius 2 is 1.77 bits per heavy atom. The zero-order valence-electron chi connectivity index (χ0n) is 14.4. The van der Waals surface area contributed by atoms with Crippen LogP contribution >= 0.6 is 7.60 Å². The number of unbranched alkanes of at least 4 members (excludes halogenated alkanes) is 5. The van der Waals surface area contributed by atoms with Gasteiger partial charge in [0.1, 0.15) is 0 Å². The molecule has 1 aliphatic rings. The summed E-state index contributed by atoms with van der Waals surface area (Å²) in [5.41, 5.74) is 0. The maximum Gasteiger partial charge on any atom is 0.358 e. The molecule has 0 bridgehead atoms. The molecule has 5 nitrogen and oxygen atoms in total. The molecule has 132 valence electrons. The molecule has 1 aliphatic heterocycles. The monoisotopic (exact) mass is 336 g/mol. The van der Waals surface area contributed by atoms with Crippen molar-refractivity contribution in [2.24, 2.45) is 0 Å². The van der Waals surface area contributed by atoms with Gasteiger partial charge in [-0.3, -0.25) is 4.57 Å². The average Bonchev–Trinajstić information content (AvgIpc) is 2.57. The summed E-state index contributed by atoms with van der Waals surface area (Å²) in [5.74, 6) is -0.531. The van der Waals surface area contributed by atoms with Crippen LogP contribution in [-0.4, -0.2) is 33.0 Å². The molecule has 1 rings (SSSR count). The molecule has 0 spiro atoms. The van der Waals surface area contributed by atoms with Crippen molar-refractivity contribution >= 4 is 7.60 Å². The number of rotatable bonds is 12. The van der Waals surface area contributed by atoms with Crippen molar-refractivity contribution in [2.45, 2.75) is 83.3 Å². The molecule has 0 amide bonds. The topological polar surface area (TPSA) is 54.0 Å². The van der Waals surface area contributed by atoms with Gasteiger partial charge in [-0.15, -0.1) is 0 Å². The van der Waals surface area contributed by atoms with E-state index in [1.807, 2.05) is 0 Å². The summed E-state index contributed by atoms with van der Waals surface area (Å²) in [7, 11) is -0.381. The van der Waals surface area contributed by atoms with E-state index in [9.17, 15) is 4.57 Å². The van der Waals surface area contributed by atoms with Crippen LogP contribution in [0.25, 0.3) is 0 Å². The van der Waals surface area contributed by atoms with Crippen LogP contribution in [0.4, 0.5) is 0 Å². The quantitative estimate of drug-likeness (QED) is 0.367. The lowest BCUT2D eigenvalue weighted by Crippen LogP contribution is -2.28. The normalized spacial score (nSPS) is 21.0. The summed E-state index contributed by atoms with van der Waals surface area (Å²) in [6.45, 7) is 2.92. The van der Waals surface area contributed by atoms with Crippen LogP contribution in [0.5, 0.6) is 0 Å². The zero-order chi connectivity index (χ0) is 16.3. The summed E-state index contributed by atoms with van der Waals surface area (Å²) in [6, 6.07) is 0. The Labute approximate surface area is 135 Å². The lowest BCUT2D eigenvalue weighted by molar-refractivity contribution is -0.176. The Hall–Kier alpha value is 0.0700. The molecule has 0 radical (unpaired) electrons. The van der Waals surface area contributed by atoms with Crippen LogP contribution in [-0.2, 0) is 23.1 Å². The third kappa shape index (κ3) is 7.10. The van der Waals surface area contributed by atoms with Crippen LogP contribution in [0.1, 0.15) is 71.1 Å². The van der Waals surface area contributed by atoms with Gasteiger partial charge in [0, 0.05) is 20.8 Å². The Morgan fingerprint density at radius 1 is 1.09 bits per heavy atom. The SMILES string of the molecule is CCCCCCCC[C@@H](O[C@H]1CCCCO1)P(=O)(OC)OC. The molecule has 6 heteroatoms. The standard InChI is InChI=1S/C16H33O5P/c1-4-5-6-7-8-9-13-16(22(17,18-2)19-3)21-15-12-10-11-14-20-15/h15-16H,4-14H2,1-3H3/t15-,16-/m0/s1. The van der Waals surface area contributed by atoms with Crippen molar-refractivity contribution in [3.63, 3.8) is 0 Å². The van der Waals surface area contributed by atoms with Gasteiger partial charge < -0.3 is 18.5 Å². The Morgan fingerprint density at radius 3 is 2.36 bits per heavy atom. The molecule has 0 unspecified atom stereocenters. The van der Waals surface area contributed by atoms with Crippen molar-refractivity contribution in [3.05, 3.63) is 0 Å². The largest absolute Gasteiger partial charge is 0.358 e. The number of ether oxygens (including phenoxy) is 2. The summed E-state index contributed by atoms with van der Waals surface area (Å²) in [5, 5.41) is 0. The predicted octanol–water partition coefficient (Wildman–Crippen LogP) is 5.09. The Balaban J connectivity index is 2.45. The van der Waals surface area contributed by atoms with Gasteiger partial charge in [-0.25, -0.2) is 0 Å². The predicted molar refractivity (Wildman–Crippen MR) is 88.1 cm³/mol. The minimum absolute atomic E-state index is 0.280. The second-order valence-corrected chi connectivity index (χ2v) is 8.23. The molecule has 0 aromatic carbocycles. The molecule has 2 atom stereocenters. The maximum atomic E-state index is 12.7. The highest BCUT2D eigenvalue weighted by molar-refractivity contribution is 7.54. The van der Waals surface area contributed by atoms with Crippen LogP contribution in [0.3, 0.4) is 0 Å². The number of hydrogen-bond donors (Lipinski definition) is 0. The first kappa shape index (κ1) is 20.1. The van der Waals surface area contributed by atoms with E-state index in [1.54, 1.807) is 0 Å². The lowest BCUT2D eigenvalue weighted by Gasteiger charge is -2.30. The van der Waals surface area contributed by atoms with Crippen LogP contribution in [0, 0.1) is 0 Å². The van der Waals surface area contributed by atoms with E-state index in [0.29, 0.717) is 13.0 Å². The van der Waals surface area contributed by atoms with Crippen molar-refractivity contribution in [3.8, 4) is 0 Å². The van der Waals surface area contributed by atoms with E-state index in [2.05, 4.69) is 6.92 Å². The minimum Gasteiger partial charge on any atom is -0.353 e. The molecule has 0 saturated carbocycles. The maximum absolute atomic E-state index is 12.7. The highest BCUT2D eigenvalue weighted by Crippen LogP contribution is 2.54. The first-order valence-corrected chi connectivity index (χ1v) is 10.3. The molecular formula is C16H33O5P. The van der Waals surface area contributed by atoms with Gasteiger partial charge in [-0.05, 0) is 25.7 Å². The van der Waals surface area contributed by atoms with E-state index in [0.717, 1.165) is 32.1 Å². The van der Waals surface area contributed by atoms with Gasteiger partial charge >= 0.3 is 7.60 Å². The fraction of sp³-hybridized carbons (Fsp3) is 1.00. The lowest BCUT2D eigenvalue weighted by atomic mass is 10.1. The van der Waals surface area contributed by atoms with Gasteiger partial charge in [0.15, 0.2) is 12.1 Å². The first-order valence-electron chi connectivity index (χ1n) is 8.64. The van der Waals surface area contributed by atoms with E-state index >= 15 is 0 Å². The van der Waals surface area contributed by atoms with E-state index in [4.69, 9.17) is 18.5 Å². The Bertz CT molecular complexity index is 310. The van der Waals surface area contributed by atoms with Crippen LogP contribution in [0.15, 0.2) is 0 Å². The van der Waals surface area contributed by atoms with Crippen molar-refractivity contribution in [1.29, 1.82) is 0 Å². The average molecular weight is 336 g/mol. The van der Waals surface area contributed by atoms with E-state index < -0.39 is 13.4 Å². The summed E-state index contributed by atoms with van der Waals surface area (Å²) >= 11 is 0. The molecule has 0 aliphatic carbocycles.